The summed E-state index contributed by atoms with van der Waals surface area (Å²) < 4.78 is 5.56. The van der Waals surface area contributed by atoms with Crippen molar-refractivity contribution < 1.29 is 14.8 Å². The van der Waals surface area contributed by atoms with E-state index in [1.54, 1.807) is 18.2 Å². The summed E-state index contributed by atoms with van der Waals surface area (Å²) in [5.74, 6) is 0.749. The van der Waals surface area contributed by atoms with E-state index in [0.29, 0.717) is 12.1 Å². The minimum Gasteiger partial charge on any atom is -0.489 e. The van der Waals surface area contributed by atoms with Crippen molar-refractivity contribution >= 4 is 12.6 Å². The van der Waals surface area contributed by atoms with E-state index in [1.165, 1.54) is 0 Å². The smallest absolute Gasteiger partial charge is 0.488 e. The van der Waals surface area contributed by atoms with Crippen molar-refractivity contribution in [3.63, 3.8) is 0 Å². The molecule has 0 aliphatic heterocycles. The van der Waals surface area contributed by atoms with Gasteiger partial charge in [0.2, 0.25) is 0 Å². The Morgan fingerprint density at radius 2 is 2.12 bits per heavy atom. The highest BCUT2D eigenvalue weighted by molar-refractivity contribution is 6.58. The van der Waals surface area contributed by atoms with Gasteiger partial charge >= 0.3 is 7.12 Å². The van der Waals surface area contributed by atoms with Gasteiger partial charge in [-0.15, -0.1) is 0 Å². The predicted octanol–water partition coefficient (Wildman–Crippen LogP) is 1.02. The molecule has 1 rings (SSSR count). The van der Waals surface area contributed by atoms with Crippen LogP contribution in [0.15, 0.2) is 30.4 Å². The minimum absolute atomic E-state index is 0.471. The van der Waals surface area contributed by atoms with Crippen LogP contribution >= 0.6 is 0 Å². The molecule has 4 heteroatoms. The van der Waals surface area contributed by atoms with Crippen LogP contribution in [-0.4, -0.2) is 23.8 Å². The maximum atomic E-state index is 9.00. The summed E-state index contributed by atoms with van der Waals surface area (Å²) in [5, 5.41) is 18.0. The van der Waals surface area contributed by atoms with Gasteiger partial charge in [-0.25, -0.2) is 0 Å². The zero-order chi connectivity index (χ0) is 12.1. The van der Waals surface area contributed by atoms with Gasteiger partial charge in [-0.1, -0.05) is 25.6 Å². The summed E-state index contributed by atoms with van der Waals surface area (Å²) in [6.45, 7) is 8.26. The standard InChI is InChI=1S/C12H17BO3/c1-4-9(2)8-16-12-6-5-11(13(14)15)7-10(12)3/h5-7,14-15H,2,4,8H2,1,3H3. The first-order chi connectivity index (χ1) is 7.54. The van der Waals surface area contributed by atoms with Gasteiger partial charge in [-0.05, 0) is 36.0 Å². The van der Waals surface area contributed by atoms with Crippen molar-refractivity contribution in [1.29, 1.82) is 0 Å². The fraction of sp³-hybridized carbons (Fsp3) is 0.333. The second kappa shape index (κ2) is 5.73. The fourth-order valence-corrected chi connectivity index (χ4v) is 1.28. The number of rotatable bonds is 5. The van der Waals surface area contributed by atoms with Crippen molar-refractivity contribution in [2.24, 2.45) is 0 Å². The summed E-state index contributed by atoms with van der Waals surface area (Å²) in [7, 11) is -1.43. The van der Waals surface area contributed by atoms with E-state index in [1.807, 2.05) is 13.8 Å². The third kappa shape index (κ3) is 3.40. The van der Waals surface area contributed by atoms with Gasteiger partial charge in [0.1, 0.15) is 12.4 Å². The number of aryl methyl sites for hydroxylation is 1. The highest BCUT2D eigenvalue weighted by Gasteiger charge is 2.12. The normalized spacial score (nSPS) is 10.0. The topological polar surface area (TPSA) is 49.7 Å². The number of hydrogen-bond acceptors (Lipinski definition) is 3. The summed E-state index contributed by atoms with van der Waals surface area (Å²) in [6, 6.07) is 5.09. The molecule has 0 unspecified atom stereocenters. The van der Waals surface area contributed by atoms with Crippen LogP contribution in [0.4, 0.5) is 0 Å². The summed E-state index contributed by atoms with van der Waals surface area (Å²) >= 11 is 0. The molecule has 0 bridgehead atoms. The van der Waals surface area contributed by atoms with Crippen LogP contribution in [0.2, 0.25) is 0 Å². The Bertz CT molecular complexity index is 375. The molecule has 1 aromatic rings. The molecule has 2 N–H and O–H groups in total. The lowest BCUT2D eigenvalue weighted by atomic mass is 9.79. The maximum absolute atomic E-state index is 9.00. The van der Waals surface area contributed by atoms with E-state index < -0.39 is 7.12 Å². The fourth-order valence-electron chi connectivity index (χ4n) is 1.28. The van der Waals surface area contributed by atoms with Crippen LogP contribution in [-0.2, 0) is 0 Å². The second-order valence-corrected chi connectivity index (χ2v) is 3.79. The first-order valence-electron chi connectivity index (χ1n) is 5.30. The second-order valence-electron chi connectivity index (χ2n) is 3.79. The lowest BCUT2D eigenvalue weighted by Gasteiger charge is -2.11. The van der Waals surface area contributed by atoms with Crippen molar-refractivity contribution in [2.75, 3.05) is 6.61 Å². The predicted molar refractivity (Wildman–Crippen MR) is 65.9 cm³/mol. The first kappa shape index (κ1) is 12.8. The average molecular weight is 220 g/mol. The molecule has 3 nitrogen and oxygen atoms in total. The van der Waals surface area contributed by atoms with Gasteiger partial charge in [0.05, 0.1) is 0 Å². The SMILES string of the molecule is C=C(CC)COc1ccc(B(O)O)cc1C. The van der Waals surface area contributed by atoms with Gasteiger partial charge in [-0.2, -0.15) is 0 Å². The lowest BCUT2D eigenvalue weighted by molar-refractivity contribution is 0.346. The van der Waals surface area contributed by atoms with Gasteiger partial charge < -0.3 is 14.8 Å². The molecule has 0 radical (unpaired) electrons. The Morgan fingerprint density at radius 3 is 2.62 bits per heavy atom. The Morgan fingerprint density at radius 1 is 1.44 bits per heavy atom. The number of ether oxygens (including phenoxy) is 1. The molecule has 0 atom stereocenters. The van der Waals surface area contributed by atoms with Gasteiger partial charge in [-0.3, -0.25) is 0 Å². The van der Waals surface area contributed by atoms with Crippen molar-refractivity contribution in [2.45, 2.75) is 20.3 Å². The van der Waals surface area contributed by atoms with Crippen LogP contribution in [0, 0.1) is 6.92 Å². The Kier molecular flexibility index (Phi) is 4.59. The number of hydrogen-bond donors (Lipinski definition) is 2. The molecule has 0 saturated carbocycles. The molecule has 86 valence electrons. The average Bonchev–Trinajstić information content (AvgIpc) is 2.26. The Labute approximate surface area is 96.5 Å². The zero-order valence-corrected chi connectivity index (χ0v) is 9.73. The quantitative estimate of drug-likeness (QED) is 0.575. The molecule has 0 heterocycles. The molecule has 1 aromatic carbocycles. The van der Waals surface area contributed by atoms with E-state index in [2.05, 4.69) is 6.58 Å². The third-order valence-corrected chi connectivity index (χ3v) is 2.43. The van der Waals surface area contributed by atoms with Gasteiger partial charge in [0.25, 0.3) is 0 Å². The lowest BCUT2D eigenvalue weighted by Crippen LogP contribution is -2.29. The summed E-state index contributed by atoms with van der Waals surface area (Å²) in [4.78, 5) is 0. The monoisotopic (exact) mass is 220 g/mol. The van der Waals surface area contributed by atoms with E-state index in [0.717, 1.165) is 23.3 Å². The Hall–Kier alpha value is -1.26. The Balaban J connectivity index is 2.72. The van der Waals surface area contributed by atoms with Crippen molar-refractivity contribution in [1.82, 2.24) is 0 Å². The molecule has 0 aliphatic rings. The molecule has 0 fully saturated rings. The summed E-state index contributed by atoms with van der Waals surface area (Å²) in [6.07, 6.45) is 0.895. The molecule has 0 aliphatic carbocycles. The molecule has 16 heavy (non-hydrogen) atoms. The van der Waals surface area contributed by atoms with E-state index in [4.69, 9.17) is 14.8 Å². The zero-order valence-electron chi connectivity index (χ0n) is 9.73. The molecular formula is C12H17BO3. The van der Waals surface area contributed by atoms with Gasteiger partial charge in [0, 0.05) is 0 Å². The number of benzene rings is 1. The van der Waals surface area contributed by atoms with E-state index >= 15 is 0 Å². The first-order valence-corrected chi connectivity index (χ1v) is 5.30. The molecule has 0 spiro atoms. The molecule has 0 saturated heterocycles. The van der Waals surface area contributed by atoms with E-state index in [-0.39, 0.29) is 0 Å². The molecule has 0 amide bonds. The molecule has 0 aromatic heterocycles. The van der Waals surface area contributed by atoms with Crippen LogP contribution in [0.1, 0.15) is 18.9 Å². The highest BCUT2D eigenvalue weighted by Crippen LogP contribution is 2.16. The van der Waals surface area contributed by atoms with Crippen molar-refractivity contribution in [3.05, 3.63) is 35.9 Å². The van der Waals surface area contributed by atoms with Gasteiger partial charge in [0.15, 0.2) is 0 Å². The third-order valence-electron chi connectivity index (χ3n) is 2.43. The van der Waals surface area contributed by atoms with Crippen LogP contribution < -0.4 is 10.2 Å². The summed E-state index contributed by atoms with van der Waals surface area (Å²) in [5.41, 5.74) is 2.39. The highest BCUT2D eigenvalue weighted by atomic mass is 16.5. The van der Waals surface area contributed by atoms with Crippen LogP contribution in [0.25, 0.3) is 0 Å². The molecular weight excluding hydrogens is 203 g/mol. The van der Waals surface area contributed by atoms with Crippen molar-refractivity contribution in [3.8, 4) is 5.75 Å². The van der Waals surface area contributed by atoms with E-state index in [9.17, 15) is 0 Å². The van der Waals surface area contributed by atoms with Crippen LogP contribution in [0.5, 0.6) is 5.75 Å². The largest absolute Gasteiger partial charge is 0.489 e. The van der Waals surface area contributed by atoms with Crippen LogP contribution in [0.3, 0.4) is 0 Å². The maximum Gasteiger partial charge on any atom is 0.488 e. The minimum atomic E-state index is -1.43.